The maximum absolute atomic E-state index is 15.0. The smallest absolute Gasteiger partial charge is 0.319 e. The van der Waals surface area contributed by atoms with E-state index in [2.05, 4.69) is 10.2 Å². The SMILES string of the molecule is O=C(c1[nH]ncc1[N+](=O)[O-])N1CC[C@](F)(c2cc(F)cc(F)c2)C1. The number of H-pyrrole nitrogens is 1. The molecule has 0 radical (unpaired) electrons. The second-order valence-corrected chi connectivity index (χ2v) is 5.49. The van der Waals surface area contributed by atoms with E-state index >= 15 is 4.39 Å². The first-order chi connectivity index (χ1) is 11.3. The molecule has 7 nitrogen and oxygen atoms in total. The van der Waals surface area contributed by atoms with Gasteiger partial charge in [-0.05, 0) is 17.7 Å². The molecular weight excluding hydrogens is 329 g/mol. The van der Waals surface area contributed by atoms with Gasteiger partial charge in [0.1, 0.15) is 17.8 Å². The molecule has 1 N–H and O–H groups in total. The van der Waals surface area contributed by atoms with Gasteiger partial charge in [0.25, 0.3) is 5.91 Å². The average molecular weight is 340 g/mol. The number of hydrogen-bond acceptors (Lipinski definition) is 4. The molecule has 1 aromatic heterocycles. The van der Waals surface area contributed by atoms with Gasteiger partial charge in [-0.15, -0.1) is 0 Å². The van der Waals surface area contributed by atoms with E-state index < -0.39 is 40.4 Å². The molecule has 0 aliphatic carbocycles. The van der Waals surface area contributed by atoms with Crippen LogP contribution in [0.15, 0.2) is 24.4 Å². The lowest BCUT2D eigenvalue weighted by molar-refractivity contribution is -0.385. The van der Waals surface area contributed by atoms with Crippen molar-refractivity contribution < 1.29 is 22.9 Å². The monoisotopic (exact) mass is 340 g/mol. The Morgan fingerprint density at radius 3 is 2.62 bits per heavy atom. The van der Waals surface area contributed by atoms with Crippen LogP contribution >= 0.6 is 0 Å². The largest absolute Gasteiger partial charge is 0.333 e. The Morgan fingerprint density at radius 1 is 1.33 bits per heavy atom. The van der Waals surface area contributed by atoms with Crippen molar-refractivity contribution in [3.8, 4) is 0 Å². The minimum absolute atomic E-state index is 0.0519. The molecule has 0 unspecified atom stereocenters. The fourth-order valence-electron chi connectivity index (χ4n) is 2.73. The quantitative estimate of drug-likeness (QED) is 0.685. The zero-order valence-corrected chi connectivity index (χ0v) is 12.1. The molecule has 24 heavy (non-hydrogen) atoms. The molecular formula is C14H11F3N4O3. The second-order valence-electron chi connectivity index (χ2n) is 5.49. The number of likely N-dealkylation sites (tertiary alicyclic amines) is 1. The summed E-state index contributed by atoms with van der Waals surface area (Å²) in [5, 5.41) is 16.5. The summed E-state index contributed by atoms with van der Waals surface area (Å²) < 4.78 is 41.6. The van der Waals surface area contributed by atoms with Crippen molar-refractivity contribution in [2.24, 2.45) is 0 Å². The lowest BCUT2D eigenvalue weighted by Crippen LogP contribution is -2.33. The Labute approximate surface area is 133 Å². The lowest BCUT2D eigenvalue weighted by Gasteiger charge is -2.21. The van der Waals surface area contributed by atoms with Crippen LogP contribution in [0.1, 0.15) is 22.5 Å². The van der Waals surface area contributed by atoms with Gasteiger partial charge in [-0.2, -0.15) is 5.10 Å². The van der Waals surface area contributed by atoms with E-state index in [1.807, 2.05) is 0 Å². The van der Waals surface area contributed by atoms with Crippen molar-refractivity contribution in [1.82, 2.24) is 15.1 Å². The van der Waals surface area contributed by atoms with Crippen LogP contribution in [0.4, 0.5) is 18.9 Å². The maximum atomic E-state index is 15.0. The van der Waals surface area contributed by atoms with E-state index in [4.69, 9.17) is 0 Å². The summed E-state index contributed by atoms with van der Waals surface area (Å²) in [5.74, 6) is -2.64. The average Bonchev–Trinajstić information content (AvgIpc) is 3.13. The lowest BCUT2D eigenvalue weighted by atomic mass is 9.95. The van der Waals surface area contributed by atoms with Gasteiger partial charge in [0.2, 0.25) is 5.69 Å². The van der Waals surface area contributed by atoms with Crippen molar-refractivity contribution >= 4 is 11.6 Å². The molecule has 1 fully saturated rings. The summed E-state index contributed by atoms with van der Waals surface area (Å²) in [6, 6.07) is 2.37. The fourth-order valence-corrected chi connectivity index (χ4v) is 2.73. The number of alkyl halides is 1. The van der Waals surface area contributed by atoms with Gasteiger partial charge in [-0.3, -0.25) is 20.0 Å². The van der Waals surface area contributed by atoms with Crippen LogP contribution in [0, 0.1) is 21.7 Å². The predicted molar refractivity (Wildman–Crippen MR) is 74.9 cm³/mol. The molecule has 1 atom stereocenters. The molecule has 1 aromatic carbocycles. The van der Waals surface area contributed by atoms with Crippen molar-refractivity contribution in [1.29, 1.82) is 0 Å². The number of aromatic nitrogens is 2. The van der Waals surface area contributed by atoms with E-state index in [1.165, 1.54) is 0 Å². The van der Waals surface area contributed by atoms with E-state index in [9.17, 15) is 23.7 Å². The van der Waals surface area contributed by atoms with Gasteiger partial charge < -0.3 is 4.90 Å². The highest BCUT2D eigenvalue weighted by atomic mass is 19.1. The molecule has 10 heteroatoms. The molecule has 1 aliphatic heterocycles. The number of rotatable bonds is 3. The number of halogens is 3. The zero-order valence-electron chi connectivity index (χ0n) is 12.1. The molecule has 2 heterocycles. The number of nitrogens with one attached hydrogen (secondary N) is 1. The third kappa shape index (κ3) is 2.70. The summed E-state index contributed by atoms with van der Waals surface area (Å²) in [6.45, 7) is -0.519. The van der Waals surface area contributed by atoms with Crippen LogP contribution in [-0.2, 0) is 5.67 Å². The van der Waals surface area contributed by atoms with E-state index in [-0.39, 0.29) is 24.2 Å². The van der Waals surface area contributed by atoms with Crippen LogP contribution < -0.4 is 0 Å². The number of nitro groups is 1. The molecule has 1 aliphatic rings. The van der Waals surface area contributed by atoms with Gasteiger partial charge in [0.15, 0.2) is 5.67 Å². The maximum Gasteiger partial charge on any atom is 0.319 e. The third-order valence-electron chi connectivity index (χ3n) is 3.92. The molecule has 0 saturated carbocycles. The first-order valence-electron chi connectivity index (χ1n) is 6.93. The summed E-state index contributed by atoms with van der Waals surface area (Å²) >= 11 is 0. The van der Waals surface area contributed by atoms with E-state index in [0.717, 1.165) is 23.2 Å². The van der Waals surface area contributed by atoms with Crippen LogP contribution in [0.3, 0.4) is 0 Å². The second kappa shape index (κ2) is 5.62. The number of hydrogen-bond donors (Lipinski definition) is 1. The van der Waals surface area contributed by atoms with Crippen LogP contribution in [0.25, 0.3) is 0 Å². The third-order valence-corrected chi connectivity index (χ3v) is 3.92. The number of benzene rings is 1. The molecule has 0 bridgehead atoms. The molecule has 0 spiro atoms. The first-order valence-corrected chi connectivity index (χ1v) is 6.93. The minimum atomic E-state index is -2.13. The molecule has 2 aromatic rings. The number of aromatic amines is 1. The summed E-state index contributed by atoms with van der Waals surface area (Å²) in [6.07, 6.45) is 0.706. The van der Waals surface area contributed by atoms with Crippen LogP contribution in [0.2, 0.25) is 0 Å². The van der Waals surface area contributed by atoms with Gasteiger partial charge in [-0.1, -0.05) is 0 Å². The summed E-state index contributed by atoms with van der Waals surface area (Å²) in [7, 11) is 0. The number of carbonyl (C=O) groups excluding carboxylic acids is 1. The van der Waals surface area contributed by atoms with Crippen molar-refractivity contribution in [3.05, 3.63) is 57.4 Å². The van der Waals surface area contributed by atoms with Gasteiger partial charge in [-0.25, -0.2) is 13.2 Å². The Bertz CT molecular complexity index is 805. The highest BCUT2D eigenvalue weighted by molar-refractivity contribution is 5.96. The normalized spacial score (nSPS) is 20.4. The minimum Gasteiger partial charge on any atom is -0.333 e. The van der Waals surface area contributed by atoms with Crippen LogP contribution in [0.5, 0.6) is 0 Å². The Balaban J connectivity index is 1.85. The molecule has 3 rings (SSSR count). The number of amides is 1. The molecule has 1 saturated heterocycles. The highest BCUT2D eigenvalue weighted by Crippen LogP contribution is 2.37. The van der Waals surface area contributed by atoms with Crippen LogP contribution in [-0.4, -0.2) is 39.0 Å². The van der Waals surface area contributed by atoms with E-state index in [1.54, 1.807) is 0 Å². The van der Waals surface area contributed by atoms with Gasteiger partial charge >= 0.3 is 5.69 Å². The standard InChI is InChI=1S/C14H11F3N4O3/c15-9-3-8(4-10(16)5-9)14(17)1-2-20(7-14)13(22)12-11(21(23)24)6-18-19-12/h3-6H,1-2,7H2,(H,18,19)/t14-/m1/s1. The zero-order chi connectivity index (χ0) is 17.5. The highest BCUT2D eigenvalue weighted by Gasteiger charge is 2.43. The number of nitrogens with zero attached hydrogens (tertiary/aromatic N) is 3. The Hall–Kier alpha value is -2.91. The Morgan fingerprint density at radius 2 is 2.00 bits per heavy atom. The van der Waals surface area contributed by atoms with Gasteiger partial charge in [0, 0.05) is 19.0 Å². The molecule has 1 amide bonds. The van der Waals surface area contributed by atoms with E-state index in [0.29, 0.717) is 6.07 Å². The van der Waals surface area contributed by atoms with Gasteiger partial charge in [0.05, 0.1) is 11.5 Å². The molecule has 126 valence electrons. The first kappa shape index (κ1) is 16.0. The van der Waals surface area contributed by atoms with Crippen molar-refractivity contribution in [2.75, 3.05) is 13.1 Å². The van der Waals surface area contributed by atoms with Crippen molar-refractivity contribution in [2.45, 2.75) is 12.1 Å². The predicted octanol–water partition coefficient (Wildman–Crippen LogP) is 2.31. The number of carbonyl (C=O) groups is 1. The Kier molecular flexibility index (Phi) is 3.74. The van der Waals surface area contributed by atoms with Crippen molar-refractivity contribution in [3.63, 3.8) is 0 Å². The topological polar surface area (TPSA) is 92.1 Å². The summed E-state index contributed by atoms with van der Waals surface area (Å²) in [4.78, 5) is 23.4. The summed E-state index contributed by atoms with van der Waals surface area (Å²) in [5.41, 5.74) is -3.23. The fraction of sp³-hybridized carbons (Fsp3) is 0.286.